The number of hydrogen-bond acceptors (Lipinski definition) is 5. The van der Waals surface area contributed by atoms with Gasteiger partial charge in [-0.2, -0.15) is 5.10 Å². The van der Waals surface area contributed by atoms with E-state index >= 15 is 0 Å². The van der Waals surface area contributed by atoms with Crippen LogP contribution < -0.4 is 10.8 Å². The second-order valence-corrected chi connectivity index (χ2v) is 7.39. The van der Waals surface area contributed by atoms with Gasteiger partial charge >= 0.3 is 0 Å². The zero-order valence-corrected chi connectivity index (χ0v) is 16.5. The molecular weight excluding hydrogens is 384 g/mol. The molecule has 1 aliphatic rings. The third-order valence-corrected chi connectivity index (χ3v) is 5.36. The van der Waals surface area contributed by atoms with E-state index in [1.807, 2.05) is 36.4 Å². The number of amides is 2. The average molecular weight is 408 g/mol. The zero-order chi connectivity index (χ0) is 20.9. The van der Waals surface area contributed by atoms with E-state index in [9.17, 15) is 14.8 Å². The van der Waals surface area contributed by atoms with Crippen LogP contribution >= 0.6 is 0 Å². The molecular formula is C22H24N4O4. The maximum absolute atomic E-state index is 12.9. The molecule has 2 amide bonds. The molecule has 156 valence electrons. The Labute approximate surface area is 173 Å². The van der Waals surface area contributed by atoms with Crippen molar-refractivity contribution in [2.24, 2.45) is 0 Å². The molecule has 1 fully saturated rings. The molecule has 30 heavy (non-hydrogen) atoms. The van der Waals surface area contributed by atoms with E-state index in [1.165, 1.54) is 4.68 Å². The van der Waals surface area contributed by atoms with Crippen molar-refractivity contribution >= 4 is 22.7 Å². The Kier molecular flexibility index (Phi) is 6.06. The maximum Gasteiger partial charge on any atom is 0.268 e. The summed E-state index contributed by atoms with van der Waals surface area (Å²) in [6.07, 6.45) is 3.65. The Hall–Kier alpha value is -3.23. The quantitative estimate of drug-likeness (QED) is 0.429. The molecule has 8 nitrogen and oxygen atoms in total. The molecule has 2 heterocycles. The van der Waals surface area contributed by atoms with Crippen LogP contribution in [0.3, 0.4) is 0 Å². The first-order chi connectivity index (χ1) is 14.7. The van der Waals surface area contributed by atoms with Crippen LogP contribution in [-0.2, 0) is 16.0 Å². The second kappa shape index (κ2) is 9.06. The van der Waals surface area contributed by atoms with E-state index in [-0.39, 0.29) is 11.9 Å². The monoisotopic (exact) mass is 408 g/mol. The molecule has 1 aromatic heterocycles. The molecule has 0 saturated carbocycles. The van der Waals surface area contributed by atoms with E-state index in [4.69, 9.17) is 4.74 Å². The van der Waals surface area contributed by atoms with Gasteiger partial charge in [-0.1, -0.05) is 42.5 Å². The minimum absolute atomic E-state index is 0.0783. The fourth-order valence-corrected chi connectivity index (χ4v) is 3.73. The van der Waals surface area contributed by atoms with Crippen LogP contribution in [0, 0.1) is 0 Å². The molecule has 2 aromatic carbocycles. The number of nitrogens with one attached hydrogen (secondary N) is 2. The van der Waals surface area contributed by atoms with Crippen molar-refractivity contribution in [2.75, 3.05) is 13.2 Å². The van der Waals surface area contributed by atoms with E-state index in [0.717, 1.165) is 23.8 Å². The Balaban J connectivity index is 1.63. The van der Waals surface area contributed by atoms with Gasteiger partial charge in [0.15, 0.2) is 0 Å². The number of carbonyl (C=O) groups is 2. The van der Waals surface area contributed by atoms with Crippen molar-refractivity contribution in [1.29, 1.82) is 0 Å². The van der Waals surface area contributed by atoms with E-state index < -0.39 is 11.9 Å². The normalized spacial score (nSPS) is 15.6. The van der Waals surface area contributed by atoms with Gasteiger partial charge in [-0.3, -0.25) is 19.5 Å². The van der Waals surface area contributed by atoms with Gasteiger partial charge in [-0.25, -0.2) is 5.48 Å². The van der Waals surface area contributed by atoms with Gasteiger partial charge < -0.3 is 10.1 Å². The summed E-state index contributed by atoms with van der Waals surface area (Å²) in [4.78, 5) is 25.2. The molecule has 4 rings (SSSR count). The van der Waals surface area contributed by atoms with Crippen LogP contribution in [-0.4, -0.2) is 46.1 Å². The molecule has 0 spiro atoms. The van der Waals surface area contributed by atoms with Crippen molar-refractivity contribution in [3.05, 3.63) is 65.9 Å². The van der Waals surface area contributed by atoms with Crippen LogP contribution in [0.25, 0.3) is 10.9 Å². The predicted molar refractivity (Wildman–Crippen MR) is 110 cm³/mol. The first-order valence-electron chi connectivity index (χ1n) is 10.00. The van der Waals surface area contributed by atoms with Crippen LogP contribution in [0.1, 0.15) is 34.8 Å². The number of aromatic nitrogens is 2. The summed E-state index contributed by atoms with van der Waals surface area (Å²) in [5, 5.41) is 17.6. The van der Waals surface area contributed by atoms with Gasteiger partial charge in [0.25, 0.3) is 11.8 Å². The third-order valence-electron chi connectivity index (χ3n) is 5.36. The fraction of sp³-hybridized carbons (Fsp3) is 0.318. The van der Waals surface area contributed by atoms with Crippen LogP contribution in [0.4, 0.5) is 0 Å². The lowest BCUT2D eigenvalue weighted by Gasteiger charge is -2.23. The first-order valence-corrected chi connectivity index (χ1v) is 10.00. The molecule has 3 N–H and O–H groups in total. The first kappa shape index (κ1) is 20.1. The largest absolute Gasteiger partial charge is 0.381 e. The lowest BCUT2D eigenvalue weighted by Crippen LogP contribution is -2.39. The fourth-order valence-electron chi connectivity index (χ4n) is 3.73. The molecule has 0 radical (unpaired) electrons. The van der Waals surface area contributed by atoms with Gasteiger partial charge in [0.2, 0.25) is 0 Å². The van der Waals surface area contributed by atoms with Gasteiger partial charge in [-0.05, 0) is 24.5 Å². The number of nitrogens with zero attached hydrogens (tertiary/aromatic N) is 2. The zero-order valence-electron chi connectivity index (χ0n) is 16.5. The molecule has 1 atom stereocenters. The minimum Gasteiger partial charge on any atom is -0.381 e. The predicted octanol–water partition coefficient (Wildman–Crippen LogP) is 2.23. The van der Waals surface area contributed by atoms with Crippen molar-refractivity contribution in [1.82, 2.24) is 20.6 Å². The van der Waals surface area contributed by atoms with Gasteiger partial charge in [-0.15, -0.1) is 0 Å². The molecule has 0 aliphatic carbocycles. The summed E-state index contributed by atoms with van der Waals surface area (Å²) in [6, 6.07) is 14.2. The smallest absolute Gasteiger partial charge is 0.268 e. The van der Waals surface area contributed by atoms with Gasteiger partial charge in [0.05, 0.1) is 5.56 Å². The van der Waals surface area contributed by atoms with Crippen LogP contribution in [0.2, 0.25) is 0 Å². The summed E-state index contributed by atoms with van der Waals surface area (Å²) >= 11 is 0. The van der Waals surface area contributed by atoms with Crippen LogP contribution in [0.5, 0.6) is 0 Å². The van der Waals surface area contributed by atoms with E-state index in [1.54, 1.807) is 23.8 Å². The Morgan fingerprint density at radius 2 is 1.90 bits per heavy atom. The number of carbonyl (C=O) groups excluding carboxylic acids is 2. The Morgan fingerprint density at radius 3 is 2.63 bits per heavy atom. The van der Waals surface area contributed by atoms with Crippen LogP contribution in [0.15, 0.2) is 54.7 Å². The summed E-state index contributed by atoms with van der Waals surface area (Å²) in [5.41, 5.74) is 3.64. The van der Waals surface area contributed by atoms with Crippen molar-refractivity contribution in [3.8, 4) is 0 Å². The Morgan fingerprint density at radius 1 is 1.13 bits per heavy atom. The molecule has 8 heteroatoms. The van der Waals surface area contributed by atoms with Gasteiger partial charge in [0.1, 0.15) is 11.6 Å². The number of fused-ring (bicyclic) bond motifs is 1. The van der Waals surface area contributed by atoms with Crippen molar-refractivity contribution in [3.63, 3.8) is 0 Å². The number of hydrogen-bond donors (Lipinski definition) is 3. The second-order valence-electron chi connectivity index (χ2n) is 7.39. The summed E-state index contributed by atoms with van der Waals surface area (Å²) in [6.45, 7) is 1.28. The average Bonchev–Trinajstić information content (AvgIpc) is 3.22. The topological polar surface area (TPSA) is 105 Å². The van der Waals surface area contributed by atoms with E-state index in [2.05, 4.69) is 10.4 Å². The van der Waals surface area contributed by atoms with E-state index in [0.29, 0.717) is 30.7 Å². The molecule has 1 saturated heterocycles. The lowest BCUT2D eigenvalue weighted by molar-refractivity contribution is -0.132. The van der Waals surface area contributed by atoms with Crippen molar-refractivity contribution in [2.45, 2.75) is 31.3 Å². The summed E-state index contributed by atoms with van der Waals surface area (Å²) in [5.74, 6) is -0.760. The SMILES string of the molecule is O=C(NC1CCOCC1)c1cccc2cn(C(Cc3ccccc3)C(=O)NO)nc12. The number of hydroxylamine groups is 1. The molecule has 1 aliphatic heterocycles. The number of rotatable bonds is 6. The highest BCUT2D eigenvalue weighted by atomic mass is 16.5. The highest BCUT2D eigenvalue weighted by Gasteiger charge is 2.24. The molecule has 3 aromatic rings. The Bertz CT molecular complexity index is 1030. The maximum atomic E-state index is 12.9. The summed E-state index contributed by atoms with van der Waals surface area (Å²) in [7, 11) is 0. The molecule has 1 unspecified atom stereocenters. The van der Waals surface area contributed by atoms with Gasteiger partial charge in [0, 0.05) is 37.3 Å². The third kappa shape index (κ3) is 4.34. The molecule has 0 bridgehead atoms. The minimum atomic E-state index is -0.754. The number of ether oxygens (including phenoxy) is 1. The number of benzene rings is 2. The summed E-state index contributed by atoms with van der Waals surface area (Å²) < 4.78 is 6.85. The lowest BCUT2D eigenvalue weighted by atomic mass is 10.1. The highest BCUT2D eigenvalue weighted by molar-refractivity contribution is 6.05. The highest BCUT2D eigenvalue weighted by Crippen LogP contribution is 2.22. The standard InChI is InChI=1S/C22H24N4O4/c27-21(23-17-9-11-30-12-10-17)18-8-4-7-16-14-26(24-20(16)18)19(22(28)25-29)13-15-5-2-1-3-6-15/h1-8,14,17,19,29H,9-13H2,(H,23,27)(H,25,28). The van der Waals surface area contributed by atoms with Crippen molar-refractivity contribution < 1.29 is 19.5 Å².